The van der Waals surface area contributed by atoms with Crippen LogP contribution in [0.4, 0.5) is 15.8 Å². The van der Waals surface area contributed by atoms with Crippen LogP contribution in [-0.4, -0.2) is 25.0 Å². The number of amides is 2. The average molecular weight is 342 g/mol. The Hall–Kier alpha value is -2.73. The fourth-order valence-electron chi connectivity index (χ4n) is 2.63. The van der Waals surface area contributed by atoms with Gasteiger partial charge in [0, 0.05) is 12.3 Å². The van der Waals surface area contributed by atoms with Gasteiger partial charge in [0.05, 0.1) is 24.6 Å². The molecule has 25 heavy (non-hydrogen) atoms. The lowest BCUT2D eigenvalue weighted by Gasteiger charge is -2.10. The van der Waals surface area contributed by atoms with Crippen LogP contribution >= 0.6 is 0 Å². The first-order valence-corrected chi connectivity index (χ1v) is 8.14. The van der Waals surface area contributed by atoms with Crippen molar-refractivity contribution < 1.29 is 18.7 Å². The molecule has 1 aliphatic rings. The molecule has 1 aliphatic heterocycles. The molecule has 2 N–H and O–H groups in total. The molecule has 1 saturated heterocycles. The van der Waals surface area contributed by atoms with Crippen molar-refractivity contribution >= 4 is 23.2 Å². The Morgan fingerprint density at radius 2 is 1.84 bits per heavy atom. The van der Waals surface area contributed by atoms with Gasteiger partial charge in [-0.15, -0.1) is 0 Å². The Morgan fingerprint density at radius 3 is 2.52 bits per heavy atom. The summed E-state index contributed by atoms with van der Waals surface area (Å²) in [5.41, 5.74) is 1.61. The van der Waals surface area contributed by atoms with Crippen molar-refractivity contribution in [3.8, 4) is 0 Å². The van der Waals surface area contributed by atoms with Crippen LogP contribution in [-0.2, 0) is 20.7 Å². The van der Waals surface area contributed by atoms with E-state index in [0.717, 1.165) is 12.0 Å². The zero-order chi connectivity index (χ0) is 17.6. The second-order valence-corrected chi connectivity index (χ2v) is 5.95. The summed E-state index contributed by atoms with van der Waals surface area (Å²) in [6.07, 6.45) is 0.860. The molecule has 0 spiro atoms. The molecule has 2 aromatic carbocycles. The predicted molar refractivity (Wildman–Crippen MR) is 92.7 cm³/mol. The molecule has 0 unspecified atom stereocenters. The minimum absolute atomic E-state index is 0.0532. The maximum Gasteiger partial charge on any atom is 0.229 e. The van der Waals surface area contributed by atoms with E-state index >= 15 is 0 Å². The van der Waals surface area contributed by atoms with Gasteiger partial charge in [-0.1, -0.05) is 24.3 Å². The van der Waals surface area contributed by atoms with Crippen LogP contribution in [0, 0.1) is 11.7 Å². The van der Waals surface area contributed by atoms with Crippen LogP contribution in [0.1, 0.15) is 12.0 Å². The third-order valence-electron chi connectivity index (χ3n) is 4.03. The third-order valence-corrected chi connectivity index (χ3v) is 4.03. The van der Waals surface area contributed by atoms with Gasteiger partial charge in [0.2, 0.25) is 11.8 Å². The van der Waals surface area contributed by atoms with E-state index in [1.165, 1.54) is 12.1 Å². The Kier molecular flexibility index (Phi) is 5.40. The molecule has 1 atom stereocenters. The van der Waals surface area contributed by atoms with E-state index in [0.29, 0.717) is 18.9 Å². The van der Waals surface area contributed by atoms with Crippen molar-refractivity contribution in [1.29, 1.82) is 0 Å². The first kappa shape index (κ1) is 17.1. The van der Waals surface area contributed by atoms with Crippen molar-refractivity contribution in [3.63, 3.8) is 0 Å². The number of halogens is 1. The molecule has 2 amide bonds. The minimum atomic E-state index is -0.468. The van der Waals surface area contributed by atoms with Gasteiger partial charge in [-0.2, -0.15) is 0 Å². The SMILES string of the molecule is O=C(Cc1ccc(NC(=O)[C@@H]2CCOC2)cc1)Nc1ccccc1F. The quantitative estimate of drug-likeness (QED) is 0.878. The van der Waals surface area contributed by atoms with Crippen molar-refractivity contribution in [2.75, 3.05) is 23.8 Å². The molecule has 2 aromatic rings. The van der Waals surface area contributed by atoms with Gasteiger partial charge in [0.15, 0.2) is 0 Å². The number of rotatable bonds is 5. The Labute approximate surface area is 145 Å². The molecule has 3 rings (SSSR count). The Bertz CT molecular complexity index is 756. The van der Waals surface area contributed by atoms with Gasteiger partial charge >= 0.3 is 0 Å². The lowest BCUT2D eigenvalue weighted by Crippen LogP contribution is -2.22. The lowest BCUT2D eigenvalue weighted by molar-refractivity contribution is -0.120. The zero-order valence-corrected chi connectivity index (χ0v) is 13.6. The number of carbonyl (C=O) groups is 2. The highest BCUT2D eigenvalue weighted by atomic mass is 19.1. The highest BCUT2D eigenvalue weighted by Gasteiger charge is 2.23. The number of para-hydroxylation sites is 1. The molecule has 0 aliphatic carbocycles. The maximum absolute atomic E-state index is 13.5. The number of anilines is 2. The molecular weight excluding hydrogens is 323 g/mol. The average Bonchev–Trinajstić information content (AvgIpc) is 3.13. The topological polar surface area (TPSA) is 67.4 Å². The minimum Gasteiger partial charge on any atom is -0.381 e. The van der Waals surface area contributed by atoms with E-state index in [1.807, 2.05) is 0 Å². The molecular formula is C19H19FN2O3. The molecule has 6 heteroatoms. The van der Waals surface area contributed by atoms with Crippen LogP contribution in [0.15, 0.2) is 48.5 Å². The highest BCUT2D eigenvalue weighted by Crippen LogP contribution is 2.17. The normalized spacial score (nSPS) is 16.4. The standard InChI is InChI=1S/C19H19FN2O3/c20-16-3-1-2-4-17(16)22-18(23)11-13-5-7-15(8-6-13)21-19(24)14-9-10-25-12-14/h1-8,14H,9-12H2,(H,21,24)(H,22,23)/t14-/m1/s1. The molecule has 1 fully saturated rings. The van der Waals surface area contributed by atoms with Crippen LogP contribution in [0.25, 0.3) is 0 Å². The van der Waals surface area contributed by atoms with Gasteiger partial charge in [0.1, 0.15) is 5.82 Å². The second-order valence-electron chi connectivity index (χ2n) is 5.95. The van der Waals surface area contributed by atoms with Gasteiger partial charge in [-0.3, -0.25) is 9.59 Å². The third kappa shape index (κ3) is 4.64. The molecule has 0 radical (unpaired) electrons. The van der Waals surface area contributed by atoms with Crippen LogP contribution in [0.5, 0.6) is 0 Å². The number of nitrogens with one attached hydrogen (secondary N) is 2. The largest absolute Gasteiger partial charge is 0.381 e. The van der Waals surface area contributed by atoms with Crippen molar-refractivity contribution in [3.05, 3.63) is 59.9 Å². The fraction of sp³-hybridized carbons (Fsp3) is 0.263. The number of benzene rings is 2. The van der Waals surface area contributed by atoms with E-state index < -0.39 is 5.82 Å². The monoisotopic (exact) mass is 342 g/mol. The van der Waals surface area contributed by atoms with Crippen molar-refractivity contribution in [2.24, 2.45) is 5.92 Å². The first-order chi connectivity index (χ1) is 12.1. The fourth-order valence-corrected chi connectivity index (χ4v) is 2.63. The number of ether oxygens (including phenoxy) is 1. The summed E-state index contributed by atoms with van der Waals surface area (Å²) in [7, 11) is 0. The van der Waals surface area contributed by atoms with Crippen LogP contribution in [0.3, 0.4) is 0 Å². The summed E-state index contributed by atoms with van der Waals surface area (Å²) in [6.45, 7) is 1.08. The zero-order valence-electron chi connectivity index (χ0n) is 13.6. The van der Waals surface area contributed by atoms with E-state index in [2.05, 4.69) is 10.6 Å². The molecule has 0 bridgehead atoms. The first-order valence-electron chi connectivity index (χ1n) is 8.14. The molecule has 0 saturated carbocycles. The molecule has 0 aromatic heterocycles. The summed E-state index contributed by atoms with van der Waals surface area (Å²) in [6, 6.07) is 13.1. The van der Waals surface area contributed by atoms with Crippen molar-refractivity contribution in [2.45, 2.75) is 12.8 Å². The molecule has 5 nitrogen and oxygen atoms in total. The number of hydrogen-bond donors (Lipinski definition) is 2. The maximum atomic E-state index is 13.5. The van der Waals surface area contributed by atoms with E-state index in [9.17, 15) is 14.0 Å². The number of hydrogen-bond acceptors (Lipinski definition) is 3. The summed E-state index contributed by atoms with van der Waals surface area (Å²) < 4.78 is 18.7. The predicted octanol–water partition coefficient (Wildman–Crippen LogP) is 2.98. The van der Waals surface area contributed by atoms with Crippen LogP contribution < -0.4 is 10.6 Å². The summed E-state index contributed by atoms with van der Waals surface area (Å²) >= 11 is 0. The van der Waals surface area contributed by atoms with E-state index in [-0.39, 0.29) is 29.8 Å². The Balaban J connectivity index is 1.54. The van der Waals surface area contributed by atoms with Gasteiger partial charge in [-0.25, -0.2) is 4.39 Å². The summed E-state index contributed by atoms with van der Waals surface area (Å²) in [5.74, 6) is -0.927. The smallest absolute Gasteiger partial charge is 0.229 e. The summed E-state index contributed by atoms with van der Waals surface area (Å²) in [5, 5.41) is 5.39. The molecule has 1 heterocycles. The highest BCUT2D eigenvalue weighted by molar-refractivity contribution is 5.93. The van der Waals surface area contributed by atoms with Gasteiger partial charge in [0.25, 0.3) is 0 Å². The summed E-state index contributed by atoms with van der Waals surface area (Å²) in [4.78, 5) is 24.0. The molecule has 130 valence electrons. The van der Waals surface area contributed by atoms with Gasteiger partial charge in [-0.05, 0) is 36.2 Å². The van der Waals surface area contributed by atoms with E-state index in [4.69, 9.17) is 4.74 Å². The van der Waals surface area contributed by atoms with Gasteiger partial charge < -0.3 is 15.4 Å². The van der Waals surface area contributed by atoms with Crippen molar-refractivity contribution in [1.82, 2.24) is 0 Å². The number of carbonyl (C=O) groups excluding carboxylic acids is 2. The lowest BCUT2D eigenvalue weighted by atomic mass is 10.1. The Morgan fingerprint density at radius 1 is 1.08 bits per heavy atom. The van der Waals surface area contributed by atoms with E-state index in [1.54, 1.807) is 36.4 Å². The second kappa shape index (κ2) is 7.90. The van der Waals surface area contributed by atoms with Crippen LogP contribution in [0.2, 0.25) is 0 Å².